The van der Waals surface area contributed by atoms with Gasteiger partial charge in [-0.3, -0.25) is 4.99 Å². The largest absolute Gasteiger partial charge is 0.363 e. The molecule has 0 saturated carbocycles. The van der Waals surface area contributed by atoms with Gasteiger partial charge in [-0.2, -0.15) is 0 Å². The summed E-state index contributed by atoms with van der Waals surface area (Å²) in [7, 11) is 0. The molecule has 0 radical (unpaired) electrons. The number of aromatic nitrogens is 1. The van der Waals surface area contributed by atoms with Crippen molar-refractivity contribution < 1.29 is 0 Å². The average Bonchev–Trinajstić information content (AvgIpc) is 3.07. The van der Waals surface area contributed by atoms with E-state index in [1.807, 2.05) is 42.5 Å². The van der Waals surface area contributed by atoms with Crippen LogP contribution < -0.4 is 5.32 Å². The van der Waals surface area contributed by atoms with Crippen molar-refractivity contribution >= 4 is 39.9 Å². The summed E-state index contributed by atoms with van der Waals surface area (Å²) in [4.78, 5) is 8.21. The van der Waals surface area contributed by atoms with Crippen molar-refractivity contribution in [2.75, 3.05) is 6.54 Å². The Morgan fingerprint density at radius 2 is 1.88 bits per heavy atom. The van der Waals surface area contributed by atoms with Crippen LogP contribution in [0, 0.1) is 0 Å². The third-order valence-electron chi connectivity index (χ3n) is 4.23. The minimum Gasteiger partial charge on any atom is -0.363 e. The fourth-order valence-electron chi connectivity index (χ4n) is 3.09. The summed E-state index contributed by atoms with van der Waals surface area (Å²) in [6.07, 6.45) is 0. The summed E-state index contributed by atoms with van der Waals surface area (Å²) >= 11 is 12.7. The Bertz CT molecular complexity index is 970. The number of nitrogens with zero attached hydrogens (tertiary/aromatic N) is 1. The second kappa shape index (κ2) is 5.54. The number of aromatic amines is 1. The van der Waals surface area contributed by atoms with Crippen molar-refractivity contribution in [3.8, 4) is 11.3 Å². The van der Waals surface area contributed by atoms with E-state index >= 15 is 0 Å². The monoisotopic (exact) mass is 357 g/mol. The van der Waals surface area contributed by atoms with E-state index in [1.165, 1.54) is 0 Å². The van der Waals surface area contributed by atoms with Gasteiger partial charge < -0.3 is 10.3 Å². The normalized spacial score (nSPS) is 16.2. The van der Waals surface area contributed by atoms with E-state index in [-0.39, 0.29) is 5.54 Å². The minimum atomic E-state index is -0.0603. The number of halogens is 2. The zero-order valence-corrected chi connectivity index (χ0v) is 15.0. The first kappa shape index (κ1) is 15.6. The van der Waals surface area contributed by atoms with Gasteiger partial charge in [0.25, 0.3) is 0 Å². The molecule has 1 aliphatic heterocycles. The molecule has 2 heterocycles. The van der Waals surface area contributed by atoms with Gasteiger partial charge in [-0.05, 0) is 38.1 Å². The average molecular weight is 358 g/mol. The summed E-state index contributed by atoms with van der Waals surface area (Å²) in [6, 6.07) is 13.7. The maximum Gasteiger partial charge on any atom is 0.131 e. The number of hydrogen-bond acceptors (Lipinski definition) is 2. The van der Waals surface area contributed by atoms with Gasteiger partial charge in [-0.1, -0.05) is 41.4 Å². The molecule has 0 unspecified atom stereocenters. The van der Waals surface area contributed by atoms with Gasteiger partial charge in [0.15, 0.2) is 0 Å². The first-order valence-electron chi connectivity index (χ1n) is 7.84. The zero-order chi connectivity index (χ0) is 16.9. The van der Waals surface area contributed by atoms with Gasteiger partial charge >= 0.3 is 0 Å². The molecular weight excluding hydrogens is 341 g/mol. The van der Waals surface area contributed by atoms with E-state index in [0.29, 0.717) is 10.0 Å². The Balaban J connectivity index is 2.00. The highest BCUT2D eigenvalue weighted by atomic mass is 35.5. The van der Waals surface area contributed by atoms with Crippen molar-refractivity contribution in [2.45, 2.75) is 19.4 Å². The van der Waals surface area contributed by atoms with Crippen LogP contribution in [0.25, 0.3) is 22.2 Å². The van der Waals surface area contributed by atoms with E-state index < -0.39 is 0 Å². The molecule has 1 aliphatic rings. The number of aliphatic imine (C=N–C) groups is 1. The molecule has 0 aliphatic carbocycles. The predicted octanol–water partition coefficient (Wildman–Crippen LogP) is 5.27. The van der Waals surface area contributed by atoms with Crippen molar-refractivity contribution in [1.29, 1.82) is 0 Å². The number of amidine groups is 1. The highest BCUT2D eigenvalue weighted by molar-refractivity contribution is 6.34. The van der Waals surface area contributed by atoms with Crippen molar-refractivity contribution in [3.05, 3.63) is 58.1 Å². The van der Waals surface area contributed by atoms with Gasteiger partial charge in [0.05, 0.1) is 23.3 Å². The van der Waals surface area contributed by atoms with E-state index in [0.717, 1.165) is 40.1 Å². The second-order valence-electron chi connectivity index (χ2n) is 6.72. The summed E-state index contributed by atoms with van der Waals surface area (Å²) in [5.74, 6) is 0.878. The number of fused-ring (bicyclic) bond motifs is 1. The molecule has 24 heavy (non-hydrogen) atoms. The second-order valence-corrected chi connectivity index (χ2v) is 7.56. The molecule has 1 aromatic heterocycles. The van der Waals surface area contributed by atoms with Crippen LogP contribution in [0.15, 0.2) is 47.5 Å². The smallest absolute Gasteiger partial charge is 0.131 e. The molecule has 2 N–H and O–H groups in total. The van der Waals surface area contributed by atoms with Crippen molar-refractivity contribution in [2.24, 2.45) is 4.99 Å². The Hall–Kier alpha value is -1.97. The van der Waals surface area contributed by atoms with Gasteiger partial charge in [0.1, 0.15) is 5.84 Å². The van der Waals surface area contributed by atoms with E-state index in [4.69, 9.17) is 28.2 Å². The number of rotatable bonds is 2. The lowest BCUT2D eigenvalue weighted by atomic mass is 10.0. The number of nitrogens with one attached hydrogen (secondary N) is 2. The van der Waals surface area contributed by atoms with Gasteiger partial charge in [0.2, 0.25) is 0 Å². The zero-order valence-electron chi connectivity index (χ0n) is 13.5. The Kier molecular flexibility index (Phi) is 3.59. The highest BCUT2D eigenvalue weighted by Gasteiger charge is 2.29. The van der Waals surface area contributed by atoms with Crippen LogP contribution in [-0.4, -0.2) is 22.9 Å². The lowest BCUT2D eigenvalue weighted by molar-refractivity contribution is 0.506. The minimum absolute atomic E-state index is 0.0603. The van der Waals surface area contributed by atoms with Gasteiger partial charge in [-0.25, -0.2) is 0 Å². The molecule has 0 saturated heterocycles. The molecule has 122 valence electrons. The fourth-order valence-corrected chi connectivity index (χ4v) is 3.50. The third-order valence-corrected chi connectivity index (χ3v) is 4.79. The Morgan fingerprint density at radius 1 is 1.08 bits per heavy atom. The number of hydrogen-bond donors (Lipinski definition) is 2. The lowest BCUT2D eigenvalue weighted by Gasteiger charge is -2.18. The molecule has 4 rings (SSSR count). The van der Waals surface area contributed by atoms with Crippen LogP contribution >= 0.6 is 23.2 Å². The lowest BCUT2D eigenvalue weighted by Crippen LogP contribution is -2.39. The summed E-state index contributed by atoms with van der Waals surface area (Å²) in [6.45, 7) is 5.01. The van der Waals surface area contributed by atoms with Crippen LogP contribution in [0.2, 0.25) is 10.0 Å². The third kappa shape index (κ3) is 2.58. The Morgan fingerprint density at radius 3 is 2.58 bits per heavy atom. The van der Waals surface area contributed by atoms with Crippen molar-refractivity contribution in [1.82, 2.24) is 10.3 Å². The quantitative estimate of drug-likeness (QED) is 0.644. The van der Waals surface area contributed by atoms with Crippen LogP contribution in [0.1, 0.15) is 19.4 Å². The first-order chi connectivity index (χ1) is 11.4. The van der Waals surface area contributed by atoms with Gasteiger partial charge in [-0.15, -0.1) is 0 Å². The van der Waals surface area contributed by atoms with Gasteiger partial charge in [0, 0.05) is 26.5 Å². The summed E-state index contributed by atoms with van der Waals surface area (Å²) in [5, 5.41) is 5.96. The summed E-state index contributed by atoms with van der Waals surface area (Å²) < 4.78 is 0. The molecule has 0 bridgehead atoms. The molecule has 0 atom stereocenters. The van der Waals surface area contributed by atoms with Crippen LogP contribution in [0.4, 0.5) is 0 Å². The Labute approximate surface area is 150 Å². The molecule has 2 aromatic carbocycles. The molecule has 3 aromatic rings. The summed E-state index contributed by atoms with van der Waals surface area (Å²) in [5.41, 5.74) is 3.89. The molecule has 0 amide bonds. The number of H-pyrrole nitrogens is 1. The molecule has 0 fully saturated rings. The van der Waals surface area contributed by atoms with E-state index in [1.54, 1.807) is 0 Å². The van der Waals surface area contributed by atoms with E-state index in [2.05, 4.69) is 24.1 Å². The number of benzene rings is 2. The van der Waals surface area contributed by atoms with Crippen LogP contribution in [0.3, 0.4) is 0 Å². The fraction of sp³-hybridized carbons (Fsp3) is 0.211. The maximum absolute atomic E-state index is 6.45. The van der Waals surface area contributed by atoms with Crippen LogP contribution in [-0.2, 0) is 0 Å². The standard InChI is InChI=1S/C19H17Cl2N3/c1-19(2)10-22-18(24-19)16-13-9-11(20)7-8-15(13)23-17(16)12-5-3-4-6-14(12)21/h3-9,23H,10H2,1-2H3,(H,22,24). The van der Waals surface area contributed by atoms with Crippen LogP contribution in [0.5, 0.6) is 0 Å². The SMILES string of the molecule is CC1(C)CN=C(c2c(-c3ccccc3Cl)[nH]c3ccc(Cl)cc23)N1. The predicted molar refractivity (Wildman–Crippen MR) is 102 cm³/mol. The maximum atomic E-state index is 6.45. The highest BCUT2D eigenvalue weighted by Crippen LogP contribution is 2.36. The molecule has 3 nitrogen and oxygen atoms in total. The molecular formula is C19H17Cl2N3. The van der Waals surface area contributed by atoms with E-state index in [9.17, 15) is 0 Å². The first-order valence-corrected chi connectivity index (χ1v) is 8.59. The molecule has 5 heteroatoms. The topological polar surface area (TPSA) is 40.2 Å². The van der Waals surface area contributed by atoms with Crippen molar-refractivity contribution in [3.63, 3.8) is 0 Å². The molecule has 0 spiro atoms.